The van der Waals surface area contributed by atoms with Gasteiger partial charge >= 0.3 is 0 Å². The highest BCUT2D eigenvalue weighted by atomic mass is 32.1. The maximum Gasteiger partial charge on any atom is 0.250 e. The van der Waals surface area contributed by atoms with Gasteiger partial charge in [-0.25, -0.2) is 0 Å². The van der Waals surface area contributed by atoms with Gasteiger partial charge in [0.1, 0.15) is 0 Å². The molecule has 0 aliphatic heterocycles. The number of carbonyl (C=O) groups excluding carboxylic acids is 1. The van der Waals surface area contributed by atoms with E-state index in [0.717, 1.165) is 33.2 Å². The topological polar surface area (TPSA) is 41.1 Å². The van der Waals surface area contributed by atoms with Crippen molar-refractivity contribution >= 4 is 45.8 Å². The summed E-state index contributed by atoms with van der Waals surface area (Å²) in [5, 5.41) is 8.29. The van der Waals surface area contributed by atoms with Crippen molar-refractivity contribution in [1.29, 1.82) is 0 Å². The number of benzene rings is 3. The van der Waals surface area contributed by atoms with Gasteiger partial charge in [-0.05, 0) is 65.7 Å². The number of hydrogen-bond donors (Lipinski definition) is 2. The predicted octanol–water partition coefficient (Wildman–Crippen LogP) is 4.98. The van der Waals surface area contributed by atoms with Crippen LogP contribution in [-0.2, 0) is 4.79 Å². The van der Waals surface area contributed by atoms with Crippen LogP contribution in [0.5, 0.6) is 0 Å². The Morgan fingerprint density at radius 3 is 2.62 bits per heavy atom. The highest BCUT2D eigenvalue weighted by Gasteiger charge is 2.04. The van der Waals surface area contributed by atoms with Gasteiger partial charge in [-0.2, -0.15) is 0 Å². The summed E-state index contributed by atoms with van der Waals surface area (Å²) in [5.74, 6) is -0.263. The first-order valence-corrected chi connectivity index (χ1v) is 8.79. The third-order valence-corrected chi connectivity index (χ3v) is 4.32. The first-order chi connectivity index (χ1) is 12.5. The molecule has 3 aromatic rings. The molecule has 3 nitrogen and oxygen atoms in total. The van der Waals surface area contributed by atoms with Gasteiger partial charge in [0.2, 0.25) is 5.91 Å². The molecule has 0 bridgehead atoms. The Kier molecular flexibility index (Phi) is 5.44. The number of carbonyl (C=O) groups is 1. The van der Waals surface area contributed by atoms with Crippen LogP contribution in [0, 0.1) is 13.8 Å². The van der Waals surface area contributed by atoms with Crippen molar-refractivity contribution in [1.82, 2.24) is 5.32 Å². The lowest BCUT2D eigenvalue weighted by Gasteiger charge is -2.11. The van der Waals surface area contributed by atoms with E-state index in [0.29, 0.717) is 0 Å². The lowest BCUT2D eigenvalue weighted by atomic mass is 10.0. The number of rotatable bonds is 3. The SMILES string of the molecule is Cc1ccc(C)c(NC(=S)NC(=O)C=Cc2cccc3ccccc23)c1. The van der Waals surface area contributed by atoms with Crippen LogP contribution in [0.4, 0.5) is 5.69 Å². The lowest BCUT2D eigenvalue weighted by molar-refractivity contribution is -0.115. The Labute approximate surface area is 158 Å². The van der Waals surface area contributed by atoms with Crippen LogP contribution in [-0.4, -0.2) is 11.0 Å². The number of amides is 1. The second-order valence-corrected chi connectivity index (χ2v) is 6.57. The monoisotopic (exact) mass is 360 g/mol. The van der Waals surface area contributed by atoms with E-state index in [2.05, 4.69) is 22.8 Å². The maximum atomic E-state index is 12.2. The number of fused-ring (bicyclic) bond motifs is 1. The molecular weight excluding hydrogens is 340 g/mol. The molecule has 0 unspecified atom stereocenters. The molecule has 0 saturated carbocycles. The zero-order chi connectivity index (χ0) is 18.5. The van der Waals surface area contributed by atoms with Gasteiger partial charge in [-0.1, -0.05) is 54.6 Å². The summed E-state index contributed by atoms with van der Waals surface area (Å²) in [6.45, 7) is 4.01. The smallest absolute Gasteiger partial charge is 0.250 e. The largest absolute Gasteiger partial charge is 0.332 e. The lowest BCUT2D eigenvalue weighted by Crippen LogP contribution is -2.33. The van der Waals surface area contributed by atoms with E-state index in [1.807, 2.05) is 62.4 Å². The highest BCUT2D eigenvalue weighted by molar-refractivity contribution is 7.80. The summed E-state index contributed by atoms with van der Waals surface area (Å²) in [5.41, 5.74) is 4.08. The van der Waals surface area contributed by atoms with E-state index in [1.54, 1.807) is 6.08 Å². The van der Waals surface area contributed by atoms with Crippen LogP contribution in [0.3, 0.4) is 0 Å². The van der Waals surface area contributed by atoms with E-state index in [9.17, 15) is 4.79 Å². The second kappa shape index (κ2) is 7.93. The predicted molar refractivity (Wildman–Crippen MR) is 113 cm³/mol. The summed E-state index contributed by atoms with van der Waals surface area (Å²) in [6.07, 6.45) is 3.30. The Bertz CT molecular complexity index is 1000. The van der Waals surface area contributed by atoms with Crippen molar-refractivity contribution in [3.05, 3.63) is 83.4 Å². The molecule has 130 valence electrons. The van der Waals surface area contributed by atoms with E-state index in [1.165, 1.54) is 6.08 Å². The average molecular weight is 360 g/mol. The molecule has 0 atom stereocenters. The molecule has 4 heteroatoms. The minimum absolute atomic E-state index is 0.263. The summed E-state index contributed by atoms with van der Waals surface area (Å²) < 4.78 is 0. The van der Waals surface area contributed by atoms with Gasteiger partial charge in [0.05, 0.1) is 0 Å². The van der Waals surface area contributed by atoms with Gasteiger partial charge in [0, 0.05) is 11.8 Å². The molecule has 0 aromatic heterocycles. The molecule has 0 spiro atoms. The van der Waals surface area contributed by atoms with Crippen molar-refractivity contribution < 1.29 is 4.79 Å². The molecule has 3 aromatic carbocycles. The first kappa shape index (κ1) is 17.8. The first-order valence-electron chi connectivity index (χ1n) is 8.38. The van der Waals surface area contributed by atoms with Crippen molar-refractivity contribution in [3.8, 4) is 0 Å². The fourth-order valence-corrected chi connectivity index (χ4v) is 2.95. The van der Waals surface area contributed by atoms with Crippen molar-refractivity contribution in [2.24, 2.45) is 0 Å². The molecule has 0 aliphatic carbocycles. The summed E-state index contributed by atoms with van der Waals surface area (Å²) in [4.78, 5) is 12.2. The number of nitrogens with one attached hydrogen (secondary N) is 2. The Balaban J connectivity index is 1.67. The minimum atomic E-state index is -0.263. The molecule has 2 N–H and O–H groups in total. The van der Waals surface area contributed by atoms with Gasteiger partial charge in [0.25, 0.3) is 0 Å². The molecule has 1 amide bonds. The third-order valence-electron chi connectivity index (χ3n) is 4.12. The number of anilines is 1. The fourth-order valence-electron chi connectivity index (χ4n) is 2.74. The van der Waals surface area contributed by atoms with Crippen molar-refractivity contribution in [3.63, 3.8) is 0 Å². The van der Waals surface area contributed by atoms with E-state index >= 15 is 0 Å². The van der Waals surface area contributed by atoms with Crippen LogP contribution >= 0.6 is 12.2 Å². The van der Waals surface area contributed by atoms with Crippen molar-refractivity contribution in [2.75, 3.05) is 5.32 Å². The van der Waals surface area contributed by atoms with Gasteiger partial charge in [-0.3, -0.25) is 10.1 Å². The summed E-state index contributed by atoms with van der Waals surface area (Å²) in [6, 6.07) is 20.1. The molecular formula is C22H20N2OS. The van der Waals surface area contributed by atoms with E-state index in [-0.39, 0.29) is 11.0 Å². The molecule has 0 saturated heterocycles. The van der Waals surface area contributed by atoms with Crippen molar-refractivity contribution in [2.45, 2.75) is 13.8 Å². The Morgan fingerprint density at radius 2 is 1.77 bits per heavy atom. The van der Waals surface area contributed by atoms with Gasteiger partial charge < -0.3 is 5.32 Å². The fraction of sp³-hybridized carbons (Fsp3) is 0.0909. The zero-order valence-electron chi connectivity index (χ0n) is 14.7. The normalized spacial score (nSPS) is 10.8. The highest BCUT2D eigenvalue weighted by Crippen LogP contribution is 2.19. The number of hydrogen-bond acceptors (Lipinski definition) is 2. The molecule has 3 rings (SSSR count). The van der Waals surface area contributed by atoms with Gasteiger partial charge in [0.15, 0.2) is 5.11 Å². The molecule has 0 fully saturated rings. The summed E-state index contributed by atoms with van der Waals surface area (Å²) >= 11 is 5.25. The quantitative estimate of drug-likeness (QED) is 0.511. The van der Waals surface area contributed by atoms with Gasteiger partial charge in [-0.15, -0.1) is 0 Å². The molecule has 0 aliphatic rings. The molecule has 0 radical (unpaired) electrons. The van der Waals surface area contributed by atoms with E-state index < -0.39 is 0 Å². The third kappa shape index (κ3) is 4.35. The zero-order valence-corrected chi connectivity index (χ0v) is 15.6. The van der Waals surface area contributed by atoms with Crippen LogP contribution in [0.1, 0.15) is 16.7 Å². The molecule has 0 heterocycles. The number of aryl methyl sites for hydroxylation is 2. The standard InChI is InChI=1S/C22H20N2OS/c1-15-10-11-16(2)20(14-15)23-22(26)24-21(25)13-12-18-8-5-7-17-6-3-4-9-19(17)18/h3-14H,1-2H3,(H2,23,24,25,26). The number of thiocarbonyl (C=S) groups is 1. The van der Waals surface area contributed by atoms with Crippen LogP contribution in [0.25, 0.3) is 16.8 Å². The average Bonchev–Trinajstić information content (AvgIpc) is 2.63. The van der Waals surface area contributed by atoms with Crippen LogP contribution in [0.2, 0.25) is 0 Å². The van der Waals surface area contributed by atoms with Crippen LogP contribution in [0.15, 0.2) is 66.7 Å². The van der Waals surface area contributed by atoms with E-state index in [4.69, 9.17) is 12.2 Å². The molecule has 26 heavy (non-hydrogen) atoms. The summed E-state index contributed by atoms with van der Waals surface area (Å²) in [7, 11) is 0. The second-order valence-electron chi connectivity index (χ2n) is 6.16. The Morgan fingerprint density at radius 1 is 1.00 bits per heavy atom. The Hall–Kier alpha value is -2.98. The van der Waals surface area contributed by atoms with Crippen LogP contribution < -0.4 is 10.6 Å². The maximum absolute atomic E-state index is 12.2. The minimum Gasteiger partial charge on any atom is -0.332 e.